The van der Waals surface area contributed by atoms with Gasteiger partial charge < -0.3 is 10.0 Å². The zero-order chi connectivity index (χ0) is 16.2. The molecule has 0 radical (unpaired) electrons. The highest BCUT2D eigenvalue weighted by atomic mass is 16.3. The third-order valence-electron chi connectivity index (χ3n) is 5.45. The SMILES string of the molecule is CC[C@H](C(=O)N1CCN([C@@H]2CCC[C@@H]2O)CC1)c1ccccc1. The van der Waals surface area contributed by atoms with Crippen molar-refractivity contribution >= 4 is 5.91 Å². The highest BCUT2D eigenvalue weighted by molar-refractivity contribution is 5.83. The third-order valence-corrected chi connectivity index (χ3v) is 5.45. The number of benzene rings is 1. The largest absolute Gasteiger partial charge is 0.391 e. The third kappa shape index (κ3) is 3.59. The lowest BCUT2D eigenvalue weighted by molar-refractivity contribution is -0.135. The van der Waals surface area contributed by atoms with Crippen molar-refractivity contribution in [2.75, 3.05) is 26.2 Å². The van der Waals surface area contributed by atoms with Crippen LogP contribution < -0.4 is 0 Å². The first kappa shape index (κ1) is 16.5. The molecule has 3 atom stereocenters. The van der Waals surface area contributed by atoms with Crippen molar-refractivity contribution in [3.05, 3.63) is 35.9 Å². The molecule has 1 aliphatic carbocycles. The van der Waals surface area contributed by atoms with Crippen molar-refractivity contribution in [1.82, 2.24) is 9.80 Å². The van der Waals surface area contributed by atoms with Gasteiger partial charge >= 0.3 is 0 Å². The monoisotopic (exact) mass is 316 g/mol. The second-order valence-electron chi connectivity index (χ2n) is 6.80. The Morgan fingerprint density at radius 3 is 2.43 bits per heavy atom. The Hall–Kier alpha value is -1.39. The van der Waals surface area contributed by atoms with E-state index in [4.69, 9.17) is 0 Å². The molecule has 3 rings (SSSR count). The van der Waals surface area contributed by atoms with Crippen LogP contribution in [0.4, 0.5) is 0 Å². The van der Waals surface area contributed by atoms with Crippen LogP contribution in [0.25, 0.3) is 0 Å². The van der Waals surface area contributed by atoms with Gasteiger partial charge in [0.05, 0.1) is 12.0 Å². The standard InChI is InChI=1S/C19H28N2O2/c1-2-16(15-7-4-3-5-8-15)19(23)21-13-11-20(12-14-21)17-9-6-10-18(17)22/h3-5,7-8,16-18,22H,2,6,9-14H2,1H3/t16-,17+,18-/m0/s1. The maximum absolute atomic E-state index is 12.9. The Bertz CT molecular complexity index is 511. The quantitative estimate of drug-likeness (QED) is 0.926. The molecule has 1 heterocycles. The van der Waals surface area contributed by atoms with Gasteiger partial charge in [-0.1, -0.05) is 37.3 Å². The molecular weight excluding hydrogens is 288 g/mol. The lowest BCUT2D eigenvalue weighted by Gasteiger charge is -2.40. The average molecular weight is 316 g/mol. The molecule has 1 N–H and O–H groups in total. The van der Waals surface area contributed by atoms with Crippen LogP contribution in [0.15, 0.2) is 30.3 Å². The molecule has 1 aromatic rings. The number of piperazine rings is 1. The summed E-state index contributed by atoms with van der Waals surface area (Å²) in [6, 6.07) is 10.4. The fourth-order valence-electron chi connectivity index (χ4n) is 4.08. The Kier molecular flexibility index (Phi) is 5.34. The van der Waals surface area contributed by atoms with E-state index in [1.807, 2.05) is 23.1 Å². The Labute approximate surface area is 139 Å². The lowest BCUT2D eigenvalue weighted by atomic mass is 9.94. The van der Waals surface area contributed by atoms with Crippen molar-refractivity contribution in [3.8, 4) is 0 Å². The minimum Gasteiger partial charge on any atom is -0.391 e. The Morgan fingerprint density at radius 2 is 1.87 bits per heavy atom. The molecule has 4 heteroatoms. The van der Waals surface area contributed by atoms with E-state index < -0.39 is 0 Å². The highest BCUT2D eigenvalue weighted by Gasteiger charge is 2.34. The first-order valence-corrected chi connectivity index (χ1v) is 8.96. The maximum atomic E-state index is 12.9. The molecular formula is C19H28N2O2. The lowest BCUT2D eigenvalue weighted by Crippen LogP contribution is -2.54. The molecule has 0 spiro atoms. The summed E-state index contributed by atoms with van der Waals surface area (Å²) >= 11 is 0. The van der Waals surface area contributed by atoms with Crippen LogP contribution in [-0.2, 0) is 4.79 Å². The number of amides is 1. The molecule has 2 aliphatic rings. The van der Waals surface area contributed by atoms with Gasteiger partial charge in [0.15, 0.2) is 0 Å². The van der Waals surface area contributed by atoms with E-state index in [0.29, 0.717) is 6.04 Å². The normalized spacial score (nSPS) is 27.1. The Balaban J connectivity index is 1.59. The second kappa shape index (κ2) is 7.45. The number of hydrogen-bond acceptors (Lipinski definition) is 3. The molecule has 1 amide bonds. The Morgan fingerprint density at radius 1 is 1.17 bits per heavy atom. The van der Waals surface area contributed by atoms with Crippen molar-refractivity contribution in [2.45, 2.75) is 50.7 Å². The summed E-state index contributed by atoms with van der Waals surface area (Å²) in [5.74, 6) is 0.227. The van der Waals surface area contributed by atoms with Gasteiger partial charge in [0, 0.05) is 32.2 Å². The number of hydrogen-bond donors (Lipinski definition) is 1. The van der Waals surface area contributed by atoms with Crippen LogP contribution in [-0.4, -0.2) is 59.1 Å². The zero-order valence-corrected chi connectivity index (χ0v) is 14.0. The molecule has 0 bridgehead atoms. The fourth-order valence-corrected chi connectivity index (χ4v) is 4.08. The maximum Gasteiger partial charge on any atom is 0.230 e. The van der Waals surface area contributed by atoms with Crippen LogP contribution in [0, 0.1) is 0 Å². The van der Waals surface area contributed by atoms with Gasteiger partial charge in [-0.15, -0.1) is 0 Å². The van der Waals surface area contributed by atoms with Crippen molar-refractivity contribution < 1.29 is 9.90 Å². The van der Waals surface area contributed by atoms with Crippen LogP contribution in [0.1, 0.15) is 44.1 Å². The van der Waals surface area contributed by atoms with E-state index in [9.17, 15) is 9.90 Å². The zero-order valence-electron chi connectivity index (χ0n) is 14.0. The van der Waals surface area contributed by atoms with Crippen molar-refractivity contribution in [2.24, 2.45) is 0 Å². The summed E-state index contributed by atoms with van der Waals surface area (Å²) in [7, 11) is 0. The highest BCUT2D eigenvalue weighted by Crippen LogP contribution is 2.27. The molecule has 2 fully saturated rings. The van der Waals surface area contributed by atoms with E-state index >= 15 is 0 Å². The predicted molar refractivity (Wildman–Crippen MR) is 91.3 cm³/mol. The van der Waals surface area contributed by atoms with E-state index in [1.54, 1.807) is 0 Å². The fraction of sp³-hybridized carbons (Fsp3) is 0.632. The minimum absolute atomic E-state index is 0.0279. The number of rotatable bonds is 4. The van der Waals surface area contributed by atoms with E-state index in [0.717, 1.165) is 57.4 Å². The van der Waals surface area contributed by atoms with Crippen molar-refractivity contribution in [1.29, 1.82) is 0 Å². The summed E-state index contributed by atoms with van der Waals surface area (Å²) in [5, 5.41) is 10.1. The molecule has 1 aromatic carbocycles. The summed E-state index contributed by atoms with van der Waals surface area (Å²) < 4.78 is 0. The predicted octanol–water partition coefficient (Wildman–Crippen LogP) is 2.24. The minimum atomic E-state index is -0.176. The van der Waals surface area contributed by atoms with Gasteiger partial charge in [-0.05, 0) is 31.2 Å². The topological polar surface area (TPSA) is 43.8 Å². The van der Waals surface area contributed by atoms with Crippen LogP contribution >= 0.6 is 0 Å². The molecule has 1 aliphatic heterocycles. The number of carbonyl (C=O) groups excluding carboxylic acids is 1. The molecule has 1 saturated heterocycles. The van der Waals surface area contributed by atoms with Gasteiger partial charge in [0.2, 0.25) is 5.91 Å². The summed E-state index contributed by atoms with van der Waals surface area (Å²) in [5.41, 5.74) is 1.12. The van der Waals surface area contributed by atoms with Crippen LogP contribution in [0.2, 0.25) is 0 Å². The molecule has 0 unspecified atom stereocenters. The molecule has 4 nitrogen and oxygen atoms in total. The van der Waals surface area contributed by atoms with Gasteiger partial charge in [0.25, 0.3) is 0 Å². The molecule has 23 heavy (non-hydrogen) atoms. The number of carbonyl (C=O) groups is 1. The number of aliphatic hydroxyl groups excluding tert-OH is 1. The molecule has 1 saturated carbocycles. The summed E-state index contributed by atoms with van der Waals surface area (Å²) in [4.78, 5) is 17.3. The van der Waals surface area contributed by atoms with Gasteiger partial charge in [-0.3, -0.25) is 9.69 Å². The first-order chi connectivity index (χ1) is 11.2. The summed E-state index contributed by atoms with van der Waals surface area (Å²) in [6.07, 6.45) is 3.80. The molecule has 0 aromatic heterocycles. The van der Waals surface area contributed by atoms with Gasteiger partial charge in [-0.2, -0.15) is 0 Å². The van der Waals surface area contributed by atoms with E-state index in [1.165, 1.54) is 0 Å². The smallest absolute Gasteiger partial charge is 0.230 e. The van der Waals surface area contributed by atoms with Gasteiger partial charge in [-0.25, -0.2) is 0 Å². The van der Waals surface area contributed by atoms with Crippen LogP contribution in [0.5, 0.6) is 0 Å². The number of aliphatic hydroxyl groups is 1. The van der Waals surface area contributed by atoms with E-state index in [2.05, 4.69) is 24.0 Å². The summed E-state index contributed by atoms with van der Waals surface area (Å²) in [6.45, 7) is 5.43. The molecule has 126 valence electrons. The van der Waals surface area contributed by atoms with Gasteiger partial charge in [0.1, 0.15) is 0 Å². The number of nitrogens with zero attached hydrogens (tertiary/aromatic N) is 2. The van der Waals surface area contributed by atoms with Crippen LogP contribution in [0.3, 0.4) is 0 Å². The first-order valence-electron chi connectivity index (χ1n) is 8.96. The average Bonchev–Trinajstić information content (AvgIpc) is 3.02. The van der Waals surface area contributed by atoms with E-state index in [-0.39, 0.29) is 17.9 Å². The van der Waals surface area contributed by atoms with Crippen molar-refractivity contribution in [3.63, 3.8) is 0 Å². The second-order valence-corrected chi connectivity index (χ2v) is 6.80.